The first kappa shape index (κ1) is 63.5. The van der Waals surface area contributed by atoms with Crippen molar-refractivity contribution in [3.8, 4) is 0 Å². The van der Waals surface area contributed by atoms with Crippen molar-refractivity contribution in [1.82, 2.24) is 41.7 Å². The highest BCUT2D eigenvalue weighted by molar-refractivity contribution is 7.80. The van der Waals surface area contributed by atoms with Gasteiger partial charge in [0.05, 0.1) is 0 Å². The number of carbonyl (C=O) groups is 2. The van der Waals surface area contributed by atoms with Gasteiger partial charge in [-0.3, -0.25) is 9.98 Å². The van der Waals surface area contributed by atoms with Gasteiger partial charge in [-0.2, -0.15) is 13.2 Å². The summed E-state index contributed by atoms with van der Waals surface area (Å²) in [6, 6.07) is 0.266. The first-order chi connectivity index (χ1) is 33.3. The van der Waals surface area contributed by atoms with Gasteiger partial charge in [0.2, 0.25) is 0 Å². The molecule has 0 radical (unpaired) electrons. The van der Waals surface area contributed by atoms with Crippen LogP contribution in [0.2, 0.25) is 0 Å². The number of alkyl halides is 3. The van der Waals surface area contributed by atoms with E-state index in [1.165, 1.54) is 128 Å². The minimum Gasteiger partial charge on any atom is -0.475 e. The molecule has 2 amide bonds. The average Bonchev–Trinajstić information content (AvgIpc) is 4.28. The number of amides is 2. The number of nitrogens with zero attached hydrogens (tertiary/aromatic N) is 4. The maximum absolute atomic E-state index is 14.4. The molecule has 0 spiro atoms. The molecule has 2 saturated carbocycles. The molecule has 0 aromatic carbocycles. The topological polar surface area (TPSA) is 210 Å². The molecule has 2 aliphatic rings. The number of thiocarbonyl (C=S) groups is 2. The minimum absolute atomic E-state index is 0.266. The first-order valence-electron chi connectivity index (χ1n) is 26.6. The molecule has 69 heavy (non-hydrogen) atoms. The van der Waals surface area contributed by atoms with Crippen LogP contribution < -0.4 is 43.4 Å². The molecule has 402 valence electrons. The second kappa shape index (κ2) is 42.2. The molecule has 2 aliphatic carbocycles. The highest BCUT2D eigenvalue weighted by atomic mass is 32.1. The van der Waals surface area contributed by atoms with Crippen LogP contribution in [0.4, 0.5) is 18.0 Å². The first-order valence-corrected chi connectivity index (χ1v) is 27.4. The predicted octanol–water partition coefficient (Wildman–Crippen LogP) is 8.52. The van der Waals surface area contributed by atoms with E-state index in [9.17, 15) is 18.0 Å². The number of aliphatic carboxylic acids is 1. The second-order valence-electron chi connectivity index (χ2n) is 18.7. The van der Waals surface area contributed by atoms with E-state index in [0.717, 1.165) is 139 Å². The Hall–Kier alpha value is -3.55. The number of guanidine groups is 2. The van der Waals surface area contributed by atoms with Gasteiger partial charge in [0.25, 0.3) is 0 Å². The number of carbonyl (C=O) groups excluding carboxylic acids is 1. The molecule has 0 unspecified atom stereocenters. The van der Waals surface area contributed by atoms with Crippen LogP contribution in [0.1, 0.15) is 180 Å². The van der Waals surface area contributed by atoms with Crippen molar-refractivity contribution < 1.29 is 27.9 Å². The molecule has 0 heterocycles. The molecular formula is C49H95F3N12O3S2. The van der Waals surface area contributed by atoms with E-state index < -0.39 is 12.1 Å². The average molecular weight is 1020 g/mol. The summed E-state index contributed by atoms with van der Waals surface area (Å²) in [7, 11) is 3.71. The Morgan fingerprint density at radius 2 is 0.754 bits per heavy atom. The number of halogens is 3. The zero-order valence-electron chi connectivity index (χ0n) is 42.7. The van der Waals surface area contributed by atoms with Crippen molar-refractivity contribution in [2.75, 3.05) is 79.5 Å². The van der Waals surface area contributed by atoms with Crippen molar-refractivity contribution in [1.29, 1.82) is 0 Å². The fourth-order valence-electron chi connectivity index (χ4n) is 7.53. The van der Waals surface area contributed by atoms with Crippen LogP contribution in [-0.4, -0.2) is 135 Å². The summed E-state index contributed by atoms with van der Waals surface area (Å²) in [4.78, 5) is 36.6. The number of rotatable bonds is 40. The lowest BCUT2D eigenvalue weighted by molar-refractivity contribution is -0.192. The Kier molecular flexibility index (Phi) is 38.8. The van der Waals surface area contributed by atoms with Crippen molar-refractivity contribution >= 4 is 58.6 Å². The van der Waals surface area contributed by atoms with Crippen molar-refractivity contribution in [3.05, 3.63) is 0 Å². The molecule has 0 atom stereocenters. The SMILES string of the molecule is CNC(=S)NCCCCCCCCN(CCCCCCCCNC(N)=NCC1CC1)C(=O)N(CCCCCCCCNC(=S)NC)CCCCCCCCNC(N)=NCC1CC1.O=C(O)C(F)(F)F. The van der Waals surface area contributed by atoms with Gasteiger partial charge in [0.1, 0.15) is 0 Å². The van der Waals surface area contributed by atoms with Crippen molar-refractivity contribution in [3.63, 3.8) is 0 Å². The van der Waals surface area contributed by atoms with Gasteiger partial charge in [0, 0.05) is 79.5 Å². The molecule has 0 aromatic heterocycles. The normalized spacial score (nSPS) is 13.8. The van der Waals surface area contributed by atoms with Crippen molar-refractivity contribution in [2.24, 2.45) is 33.3 Å². The van der Waals surface area contributed by atoms with E-state index in [4.69, 9.17) is 45.8 Å². The number of unbranched alkanes of at least 4 members (excludes halogenated alkanes) is 20. The van der Waals surface area contributed by atoms with Crippen molar-refractivity contribution in [2.45, 2.75) is 186 Å². The van der Waals surface area contributed by atoms with Crippen LogP contribution in [0, 0.1) is 11.8 Å². The molecule has 0 aromatic rings. The summed E-state index contributed by atoms with van der Waals surface area (Å²) in [5.74, 6) is -0.0268. The number of hydrogen-bond donors (Lipinski definition) is 9. The number of aliphatic imine (C=N–C) groups is 2. The van der Waals surface area contributed by atoms with Gasteiger partial charge in [-0.05, 0) is 113 Å². The Bertz CT molecular complexity index is 1320. The quantitative estimate of drug-likeness (QED) is 0.0122. The maximum Gasteiger partial charge on any atom is 0.490 e. The van der Waals surface area contributed by atoms with Crippen LogP contribution in [0.5, 0.6) is 0 Å². The van der Waals surface area contributed by atoms with Gasteiger partial charge in [-0.25, -0.2) is 9.59 Å². The summed E-state index contributed by atoms with van der Waals surface area (Å²) in [6.07, 6.45) is 28.1. The van der Waals surface area contributed by atoms with E-state index in [1.807, 2.05) is 14.1 Å². The zero-order valence-corrected chi connectivity index (χ0v) is 44.3. The van der Waals surface area contributed by atoms with Gasteiger partial charge >= 0.3 is 18.2 Å². The Balaban J connectivity index is 0.00000314. The molecule has 2 rings (SSSR count). The standard InChI is InChI=1S/C47H94N12OS2.C2HF3O2/c1-50-45(61)54-33-21-13-5-9-17-25-37-58(35-23-15-7-3-11-19-31-52-43(48)56-39-41-27-28-41)47(60)59(38-26-18-10-6-14-22-34-55-46(62)51-2)36-24-16-8-4-12-20-32-53-44(49)57-40-42-29-30-42;3-2(4,5)1(6)7/h41-42H,3-40H2,1-2H3,(H3,48,52,56)(H3,49,53,57)(H2,50,54,61)(H2,51,55,62);(H,6,7). The summed E-state index contributed by atoms with van der Waals surface area (Å²) < 4.78 is 31.7. The van der Waals surface area contributed by atoms with Crippen LogP contribution in [0.25, 0.3) is 0 Å². The van der Waals surface area contributed by atoms with Crippen LogP contribution >= 0.6 is 24.4 Å². The highest BCUT2D eigenvalue weighted by Crippen LogP contribution is 2.29. The lowest BCUT2D eigenvalue weighted by Gasteiger charge is -2.31. The monoisotopic (exact) mass is 1020 g/mol. The summed E-state index contributed by atoms with van der Waals surface area (Å²) in [6.45, 7) is 8.82. The smallest absolute Gasteiger partial charge is 0.475 e. The maximum atomic E-state index is 14.4. The molecule has 2 fully saturated rings. The van der Waals surface area contributed by atoms with E-state index >= 15 is 0 Å². The van der Waals surface area contributed by atoms with Crippen LogP contribution in [-0.2, 0) is 4.79 Å². The lowest BCUT2D eigenvalue weighted by atomic mass is 10.1. The Morgan fingerprint density at radius 3 is 1.00 bits per heavy atom. The minimum atomic E-state index is -5.08. The van der Waals surface area contributed by atoms with E-state index in [1.54, 1.807) is 0 Å². The van der Waals surface area contributed by atoms with Gasteiger partial charge in [-0.15, -0.1) is 0 Å². The third kappa shape index (κ3) is 40.8. The predicted molar refractivity (Wildman–Crippen MR) is 287 cm³/mol. The Morgan fingerprint density at radius 1 is 0.507 bits per heavy atom. The zero-order chi connectivity index (χ0) is 50.8. The molecule has 0 saturated heterocycles. The number of nitrogens with two attached hydrogens (primary N) is 2. The summed E-state index contributed by atoms with van der Waals surface area (Å²) >= 11 is 10.4. The third-order valence-corrected chi connectivity index (χ3v) is 13.0. The summed E-state index contributed by atoms with van der Waals surface area (Å²) in [5, 5.41) is 27.6. The largest absolute Gasteiger partial charge is 0.490 e. The molecule has 20 heteroatoms. The number of carboxylic acid groups (broad SMARTS) is 1. The number of urea groups is 1. The van der Waals surface area contributed by atoms with E-state index in [0.29, 0.717) is 11.9 Å². The van der Waals surface area contributed by atoms with Crippen LogP contribution in [0.15, 0.2) is 9.98 Å². The van der Waals surface area contributed by atoms with E-state index in [2.05, 4.69) is 51.7 Å². The number of nitrogens with one attached hydrogen (secondary N) is 6. The molecule has 15 nitrogen and oxygen atoms in total. The summed E-state index contributed by atoms with van der Waals surface area (Å²) in [5.41, 5.74) is 12.1. The van der Waals surface area contributed by atoms with E-state index in [-0.39, 0.29) is 6.03 Å². The second-order valence-corrected chi connectivity index (χ2v) is 19.6. The molecule has 0 aliphatic heterocycles. The molecular weight excluding hydrogens is 926 g/mol. The third-order valence-electron chi connectivity index (χ3n) is 12.3. The van der Waals surface area contributed by atoms with Crippen LogP contribution in [0.3, 0.4) is 0 Å². The lowest BCUT2D eigenvalue weighted by Crippen LogP contribution is -2.45. The van der Waals surface area contributed by atoms with Gasteiger partial charge < -0.3 is 58.3 Å². The van der Waals surface area contributed by atoms with Gasteiger partial charge in [-0.1, -0.05) is 103 Å². The van der Waals surface area contributed by atoms with Gasteiger partial charge in [0.15, 0.2) is 22.1 Å². The fraction of sp³-hybridized carbons (Fsp3) is 0.878. The Labute approximate surface area is 425 Å². The highest BCUT2D eigenvalue weighted by Gasteiger charge is 2.38. The molecule has 0 bridgehead atoms. The number of carboxylic acids is 1. The molecule has 11 N–H and O–H groups in total. The fourth-order valence-corrected chi connectivity index (χ4v) is 7.73. The number of hydrogen-bond acceptors (Lipinski definition) is 6.